The van der Waals surface area contributed by atoms with E-state index >= 15 is 0 Å². The molecule has 0 spiro atoms. The molecule has 12 aromatic rings. The number of aryl methyl sites for hydroxylation is 2. The number of hydrogen-bond acceptors (Lipinski definition) is 28. The molecule has 2 aliphatic heterocycles. The number of aliphatic hydroxyl groups is 3. The third-order valence-corrected chi connectivity index (χ3v) is 25.1. The molecule has 37 heteroatoms. The lowest BCUT2D eigenvalue weighted by atomic mass is 9.85. The smallest absolute Gasteiger partial charge is 0.332 e. The van der Waals surface area contributed by atoms with Gasteiger partial charge in [-0.1, -0.05) is 150 Å². The number of β-amino-alcohol motifs (C(OH)–C–C–N with tert-alkyl or cyclic N) is 2. The van der Waals surface area contributed by atoms with Crippen LogP contribution in [0.25, 0.3) is 65.5 Å². The summed E-state index contributed by atoms with van der Waals surface area (Å²) in [4.78, 5) is 115. The lowest BCUT2D eigenvalue weighted by Crippen LogP contribution is -2.58. The molecule has 0 unspecified atom stereocenters. The third kappa shape index (κ3) is 31.8. The van der Waals surface area contributed by atoms with Crippen LogP contribution in [0.1, 0.15) is 109 Å². The van der Waals surface area contributed by atoms with Crippen molar-refractivity contribution in [2.75, 3.05) is 116 Å². The molecule has 0 aliphatic carbocycles. The second kappa shape index (κ2) is 51.3. The summed E-state index contributed by atoms with van der Waals surface area (Å²) < 4.78 is 49.8. The fraction of sp³-hybridized carbons (Fsp3) is 0.412. The summed E-state index contributed by atoms with van der Waals surface area (Å²) in [6, 6.07) is 48.1. The van der Waals surface area contributed by atoms with Gasteiger partial charge >= 0.3 is 5.97 Å². The van der Waals surface area contributed by atoms with Gasteiger partial charge in [0.1, 0.15) is 103 Å². The number of rotatable bonds is 43. The molecule has 6 aromatic carbocycles. The standard InChI is InChI=1S/C49H57ClN8O8S.C31H37ClN4O6.C22H29N3O4S/c1-31-43(67-30-55-31)34-11-9-32(10-12-34)25-52-47(61)41-23-36(59)27-58(41)48(62)44(49(2,3)4)57-42(60)28-65-20-19-63-17-18-64-21-22-66-37-15-13-33(14-16-37)40-24-38-45(53-29-54-46(38)56-40)51-26-35-7-5-6-8-39(35)50;1-31(2,3)42-28(37)20-40-15-14-38-12-13-39-16-17-41-24-10-8-22(9-11-24)27-18-25-29(34-21-35-30(25)36-27)33-19-23-6-4-5-7-26(23)32;1-13-18(30-12-24-13)15-7-5-14(6-8-15)10-23-20(28)17-9-16(26)11-25(17)21(29)19(27)22(2,3)4/h5-16,24,29-30,36,41,44,59H,17-23,25-28H2,1-4H3,(H,52,61)(H,57,60)(H2,51,53,54,56);4-11,18,21H,12-17,19-20H2,1-3H3,(H2,33,34,35,36);5-8,12,16-17,19,26-27H,9-11H2,1-4H3,(H,23,28)/t36-,41+,44-;;16-,17+,19-/m1.1/s1. The van der Waals surface area contributed by atoms with Crippen molar-refractivity contribution in [3.63, 3.8) is 0 Å². The van der Waals surface area contributed by atoms with Crippen LogP contribution < -0.4 is 36.1 Å². The van der Waals surface area contributed by atoms with Gasteiger partial charge in [0.2, 0.25) is 23.6 Å². The number of carbonyl (C=O) groups is 6. The number of benzene rings is 6. The number of fused-ring (bicyclic) bond motifs is 2. The highest BCUT2D eigenvalue weighted by Gasteiger charge is 2.46. The van der Waals surface area contributed by atoms with E-state index in [-0.39, 0.29) is 76.7 Å². The number of esters is 1. The van der Waals surface area contributed by atoms with Gasteiger partial charge < -0.3 is 104 Å². The van der Waals surface area contributed by atoms with E-state index in [9.17, 15) is 44.1 Å². The van der Waals surface area contributed by atoms with Gasteiger partial charge in [0, 0.05) is 73.5 Å². The van der Waals surface area contributed by atoms with E-state index in [0.29, 0.717) is 107 Å². The molecule has 740 valence electrons. The number of aromatic nitrogens is 8. The highest BCUT2D eigenvalue weighted by Crippen LogP contribution is 2.36. The zero-order valence-electron chi connectivity index (χ0n) is 80.0. The fourth-order valence-electron chi connectivity index (χ4n) is 15.1. The number of carbonyl (C=O) groups excluding carboxylic acids is 6. The normalized spacial score (nSPS) is 15.3. The average molecular weight is 1980 g/mol. The van der Waals surface area contributed by atoms with E-state index in [2.05, 4.69) is 66.5 Å². The summed E-state index contributed by atoms with van der Waals surface area (Å²) in [6.07, 6.45) is 0.434. The number of H-pyrrole nitrogens is 2. The van der Waals surface area contributed by atoms with Gasteiger partial charge in [0.15, 0.2) is 0 Å². The van der Waals surface area contributed by atoms with Crippen LogP contribution >= 0.6 is 45.9 Å². The number of anilines is 2. The molecular weight excluding hydrogens is 1860 g/mol. The number of aromatic amines is 2. The van der Waals surface area contributed by atoms with Crippen LogP contribution in [0, 0.1) is 24.7 Å². The van der Waals surface area contributed by atoms with Crippen molar-refractivity contribution in [3.8, 4) is 54.9 Å². The topological polar surface area (TPSA) is 422 Å². The van der Waals surface area contributed by atoms with Crippen LogP contribution in [0.5, 0.6) is 11.5 Å². The van der Waals surface area contributed by atoms with Gasteiger partial charge in [-0.3, -0.25) is 24.0 Å². The zero-order valence-corrected chi connectivity index (χ0v) is 83.1. The minimum Gasteiger partial charge on any atom is -0.491 e. The Morgan fingerprint density at radius 2 is 0.856 bits per heavy atom. The van der Waals surface area contributed by atoms with E-state index < -0.39 is 70.6 Å². The molecule has 6 atom stereocenters. The first-order chi connectivity index (χ1) is 66.7. The molecule has 0 radical (unpaired) electrons. The van der Waals surface area contributed by atoms with Crippen LogP contribution in [0.3, 0.4) is 0 Å². The lowest BCUT2D eigenvalue weighted by molar-refractivity contribution is -0.160. The van der Waals surface area contributed by atoms with Crippen molar-refractivity contribution in [3.05, 3.63) is 225 Å². The Kier molecular flexibility index (Phi) is 39.1. The maximum absolute atomic E-state index is 13.9. The van der Waals surface area contributed by atoms with Crippen LogP contribution in [0.15, 0.2) is 181 Å². The molecule has 0 bridgehead atoms. The molecule has 14 rings (SSSR count). The Balaban J connectivity index is 0.000000204. The maximum atomic E-state index is 13.9. The number of hydrogen-bond donors (Lipinski definition) is 10. The van der Waals surface area contributed by atoms with Crippen molar-refractivity contribution in [1.29, 1.82) is 0 Å². The van der Waals surface area contributed by atoms with Crippen LogP contribution in [-0.2, 0) is 88.1 Å². The summed E-state index contributed by atoms with van der Waals surface area (Å²) in [5, 5.41) is 49.4. The number of likely N-dealkylation sites (tertiary alicyclic amines) is 2. The van der Waals surface area contributed by atoms with E-state index in [4.69, 9.17) is 65.8 Å². The SMILES string of the molecule is CC(C)(C)OC(=O)COCCOCCOCCOc1ccc(-c2cc3c(NCc4ccccc4Cl)ncnc3[nH]2)cc1.Cc1ncsc1-c1ccc(CNC(=O)[C@@H]2C[C@@H](O)CN2C(=O)[C@@H](NC(=O)COCCOCCOCCOc2ccc(-c3cc4c(NCc5ccccc5Cl)ncnc4[nH]3)cc2)C(C)(C)C)cc1.Cc1ncsc1-c1ccc(CNC(=O)[C@@H]2C[C@@H](O)CN2C(=O)[C@@H](O)C(C)(C)C)cc1. The largest absolute Gasteiger partial charge is 0.491 e. The monoisotopic (exact) mass is 1980 g/mol. The first-order valence-electron chi connectivity index (χ1n) is 46.0. The highest BCUT2D eigenvalue weighted by atomic mass is 35.5. The fourth-order valence-corrected chi connectivity index (χ4v) is 17.1. The molecule has 6 aromatic heterocycles. The molecule has 0 saturated carbocycles. The first kappa shape index (κ1) is 106. The van der Waals surface area contributed by atoms with Crippen LogP contribution in [-0.4, -0.2) is 248 Å². The number of ether oxygens (including phenoxy) is 9. The quantitative estimate of drug-likeness (QED) is 0.0125. The van der Waals surface area contributed by atoms with Crippen molar-refractivity contribution < 1.29 is 86.7 Å². The summed E-state index contributed by atoms with van der Waals surface area (Å²) in [6.45, 7) is 25.7. The summed E-state index contributed by atoms with van der Waals surface area (Å²) in [7, 11) is 0. The maximum Gasteiger partial charge on any atom is 0.332 e. The predicted molar refractivity (Wildman–Crippen MR) is 535 cm³/mol. The molecule has 2 saturated heterocycles. The van der Waals surface area contributed by atoms with Crippen molar-refractivity contribution in [2.45, 2.75) is 157 Å². The molecule has 2 aliphatic rings. The van der Waals surface area contributed by atoms with E-state index in [1.807, 2.05) is 224 Å². The van der Waals surface area contributed by atoms with Gasteiger partial charge in [-0.15, -0.1) is 22.7 Å². The van der Waals surface area contributed by atoms with E-state index in [1.54, 1.807) is 43.4 Å². The molecule has 33 nitrogen and oxygen atoms in total. The molecular formula is C102H123Cl2N15O18S2. The van der Waals surface area contributed by atoms with Crippen molar-refractivity contribution in [1.82, 2.24) is 65.6 Å². The Morgan fingerprint density at radius 1 is 0.468 bits per heavy atom. The minimum atomic E-state index is -1.24. The average Bonchev–Trinajstić information content (AvgIpc) is 1.61. The second-order valence-electron chi connectivity index (χ2n) is 36.4. The van der Waals surface area contributed by atoms with Gasteiger partial charge in [-0.05, 0) is 163 Å². The van der Waals surface area contributed by atoms with Crippen LogP contribution in [0.2, 0.25) is 10.0 Å². The molecule has 139 heavy (non-hydrogen) atoms. The Hall–Kier alpha value is -11.9. The predicted octanol–water partition coefficient (Wildman–Crippen LogP) is 14.3. The van der Waals surface area contributed by atoms with Gasteiger partial charge in [-0.2, -0.15) is 0 Å². The molecule has 8 heterocycles. The minimum absolute atomic E-state index is 0.0158. The van der Waals surface area contributed by atoms with Crippen molar-refractivity contribution >= 4 is 115 Å². The van der Waals surface area contributed by atoms with Crippen LogP contribution in [0.4, 0.5) is 11.6 Å². The Bertz CT molecular complexity index is 5990. The molecule has 2 fully saturated rings. The van der Waals surface area contributed by atoms with Gasteiger partial charge in [-0.25, -0.2) is 34.7 Å². The van der Waals surface area contributed by atoms with Crippen molar-refractivity contribution in [2.24, 2.45) is 10.8 Å². The third-order valence-electron chi connectivity index (χ3n) is 22.4. The first-order valence-corrected chi connectivity index (χ1v) is 48.5. The summed E-state index contributed by atoms with van der Waals surface area (Å²) in [5.41, 5.74) is 14.9. The highest BCUT2D eigenvalue weighted by molar-refractivity contribution is 7.13. The zero-order chi connectivity index (χ0) is 99.2. The Labute approximate surface area is 826 Å². The number of nitrogens with one attached hydrogen (secondary N) is 7. The second-order valence-corrected chi connectivity index (χ2v) is 38.9. The van der Waals surface area contributed by atoms with Gasteiger partial charge in [0.05, 0.1) is 121 Å². The summed E-state index contributed by atoms with van der Waals surface area (Å²) in [5.74, 6) is 0.365. The molecule has 10 N–H and O–H groups in total. The molecule has 5 amide bonds. The van der Waals surface area contributed by atoms with E-state index in [0.717, 1.165) is 111 Å². The number of thiazole rings is 2. The number of halogens is 2. The summed E-state index contributed by atoms with van der Waals surface area (Å²) >= 11 is 15.8. The van der Waals surface area contributed by atoms with E-state index in [1.165, 1.54) is 22.5 Å². The number of amides is 5. The Morgan fingerprint density at radius 3 is 1.24 bits per heavy atom. The lowest BCUT2D eigenvalue weighted by Gasteiger charge is -2.35. The number of nitrogens with zero attached hydrogens (tertiary/aromatic N) is 8. The van der Waals surface area contributed by atoms with Gasteiger partial charge in [0.25, 0.3) is 5.91 Å². The number of aliphatic hydroxyl groups excluding tert-OH is 3.